The summed E-state index contributed by atoms with van der Waals surface area (Å²) in [5.74, 6) is 1.28. The van der Waals surface area contributed by atoms with E-state index in [0.29, 0.717) is 24.1 Å². The predicted molar refractivity (Wildman–Crippen MR) is 75.3 cm³/mol. The minimum Gasteiger partial charge on any atom is -0.465 e. The lowest BCUT2D eigenvalue weighted by Gasteiger charge is -2.28. The van der Waals surface area contributed by atoms with Crippen LogP contribution in [0.3, 0.4) is 0 Å². The highest BCUT2D eigenvalue weighted by Gasteiger charge is 2.46. The summed E-state index contributed by atoms with van der Waals surface area (Å²) < 4.78 is 10.4. The van der Waals surface area contributed by atoms with Crippen LogP contribution in [0, 0.1) is 12.8 Å². The smallest absolute Gasteiger partial charge is 0.326 e. The number of rotatable bonds is 6. The Hall–Kier alpha value is -1.08. The zero-order valence-corrected chi connectivity index (χ0v) is 12.7. The molecule has 0 bridgehead atoms. The summed E-state index contributed by atoms with van der Waals surface area (Å²) in [6.07, 6.45) is 3.51. The van der Waals surface area contributed by atoms with E-state index in [2.05, 4.69) is 10.2 Å². The van der Waals surface area contributed by atoms with Crippen molar-refractivity contribution in [3.63, 3.8) is 0 Å². The molecule has 2 atom stereocenters. The second-order valence-corrected chi connectivity index (χ2v) is 6.12. The Kier molecular flexibility index (Phi) is 5.04. The van der Waals surface area contributed by atoms with Crippen LogP contribution in [0.1, 0.15) is 38.5 Å². The number of thioether (sulfide) groups is 1. The maximum Gasteiger partial charge on any atom is 0.326 e. The Morgan fingerprint density at radius 2 is 2.40 bits per heavy atom. The molecule has 1 aromatic rings. The highest BCUT2D eigenvalue weighted by atomic mass is 32.2. The van der Waals surface area contributed by atoms with Gasteiger partial charge in [0.25, 0.3) is 5.22 Å². The molecule has 1 aromatic heterocycles. The van der Waals surface area contributed by atoms with Gasteiger partial charge < -0.3 is 14.9 Å². The van der Waals surface area contributed by atoms with Crippen molar-refractivity contribution in [3.05, 3.63) is 5.89 Å². The molecule has 1 heterocycles. The minimum atomic E-state index is -0.818. The second-order valence-electron chi connectivity index (χ2n) is 5.07. The van der Waals surface area contributed by atoms with Crippen molar-refractivity contribution >= 4 is 17.7 Å². The van der Waals surface area contributed by atoms with E-state index in [-0.39, 0.29) is 11.9 Å². The highest BCUT2D eigenvalue weighted by molar-refractivity contribution is 7.99. The van der Waals surface area contributed by atoms with Crippen molar-refractivity contribution in [2.45, 2.75) is 50.3 Å². The van der Waals surface area contributed by atoms with Crippen LogP contribution < -0.4 is 5.73 Å². The van der Waals surface area contributed by atoms with Crippen LogP contribution in [-0.2, 0) is 9.53 Å². The van der Waals surface area contributed by atoms with Gasteiger partial charge in [-0.1, -0.05) is 18.2 Å². The molecule has 0 saturated heterocycles. The lowest BCUT2D eigenvalue weighted by Crippen LogP contribution is -2.52. The number of nitrogens with two attached hydrogens (primary N) is 1. The number of nitrogens with zero attached hydrogens (tertiary/aromatic N) is 2. The molecule has 0 amide bonds. The Morgan fingerprint density at radius 1 is 1.60 bits per heavy atom. The number of esters is 1. The zero-order valence-electron chi connectivity index (χ0n) is 11.9. The monoisotopic (exact) mass is 299 g/mol. The zero-order chi connectivity index (χ0) is 14.6. The molecule has 1 aliphatic rings. The fourth-order valence-electron chi connectivity index (χ4n) is 2.66. The van der Waals surface area contributed by atoms with Crippen LogP contribution >= 0.6 is 11.8 Å². The van der Waals surface area contributed by atoms with Gasteiger partial charge in [-0.3, -0.25) is 4.79 Å². The van der Waals surface area contributed by atoms with E-state index in [0.717, 1.165) is 25.0 Å². The maximum absolute atomic E-state index is 12.0. The quantitative estimate of drug-likeness (QED) is 0.633. The number of hydrogen-bond donors (Lipinski definition) is 1. The van der Waals surface area contributed by atoms with Gasteiger partial charge in [0.1, 0.15) is 5.54 Å². The fourth-order valence-corrected chi connectivity index (χ4v) is 3.52. The van der Waals surface area contributed by atoms with Crippen LogP contribution in [0.5, 0.6) is 0 Å². The minimum absolute atomic E-state index is 0.165. The van der Waals surface area contributed by atoms with Crippen LogP contribution in [0.15, 0.2) is 9.64 Å². The molecular weight excluding hydrogens is 278 g/mol. The number of carbonyl (C=O) groups is 1. The first-order chi connectivity index (χ1) is 9.56. The van der Waals surface area contributed by atoms with Crippen molar-refractivity contribution in [1.82, 2.24) is 10.2 Å². The summed E-state index contributed by atoms with van der Waals surface area (Å²) in [6, 6.07) is 0. The van der Waals surface area contributed by atoms with Gasteiger partial charge in [-0.15, -0.1) is 10.2 Å². The highest BCUT2D eigenvalue weighted by Crippen LogP contribution is 2.38. The molecule has 1 fully saturated rings. The average Bonchev–Trinajstić information content (AvgIpc) is 2.98. The molecule has 0 aromatic carbocycles. The van der Waals surface area contributed by atoms with E-state index >= 15 is 0 Å². The van der Waals surface area contributed by atoms with Crippen molar-refractivity contribution in [2.75, 3.05) is 12.4 Å². The normalized spacial score (nSPS) is 25.9. The summed E-state index contributed by atoms with van der Waals surface area (Å²) in [4.78, 5) is 12.0. The maximum atomic E-state index is 12.0. The lowest BCUT2D eigenvalue weighted by atomic mass is 9.86. The number of carbonyl (C=O) groups excluding carboxylic acids is 1. The first kappa shape index (κ1) is 15.3. The van der Waals surface area contributed by atoms with E-state index in [4.69, 9.17) is 14.9 Å². The molecule has 2 N–H and O–H groups in total. The molecule has 20 heavy (non-hydrogen) atoms. The van der Waals surface area contributed by atoms with Crippen molar-refractivity contribution < 1.29 is 13.9 Å². The molecular formula is C13H21N3O3S. The molecule has 1 aliphatic carbocycles. The lowest BCUT2D eigenvalue weighted by molar-refractivity contribution is -0.151. The van der Waals surface area contributed by atoms with Crippen LogP contribution in [0.25, 0.3) is 0 Å². The second kappa shape index (κ2) is 6.58. The van der Waals surface area contributed by atoms with Gasteiger partial charge >= 0.3 is 5.97 Å². The number of aryl methyl sites for hydroxylation is 1. The number of aromatic nitrogens is 2. The van der Waals surface area contributed by atoms with Crippen LogP contribution in [0.4, 0.5) is 0 Å². The third-order valence-electron chi connectivity index (χ3n) is 3.73. The Balaban J connectivity index is 1.86. The SMILES string of the molecule is CCOC(=O)C1(N)CCCC1CCSc1nnc(C)o1. The van der Waals surface area contributed by atoms with E-state index in [1.807, 2.05) is 0 Å². The average molecular weight is 299 g/mol. The van der Waals surface area contributed by atoms with Crippen molar-refractivity contribution in [1.29, 1.82) is 0 Å². The number of hydrogen-bond acceptors (Lipinski definition) is 7. The molecule has 0 radical (unpaired) electrons. The summed E-state index contributed by atoms with van der Waals surface area (Å²) in [6.45, 7) is 3.94. The van der Waals surface area contributed by atoms with Gasteiger partial charge in [-0.25, -0.2) is 0 Å². The van der Waals surface area contributed by atoms with Crippen molar-refractivity contribution in [3.8, 4) is 0 Å². The van der Waals surface area contributed by atoms with Crippen molar-refractivity contribution in [2.24, 2.45) is 11.7 Å². The Bertz CT molecular complexity index is 465. The summed E-state index contributed by atoms with van der Waals surface area (Å²) >= 11 is 1.51. The summed E-state index contributed by atoms with van der Waals surface area (Å²) in [5, 5.41) is 8.28. The third kappa shape index (κ3) is 3.32. The van der Waals surface area contributed by atoms with Crippen LogP contribution in [0.2, 0.25) is 0 Å². The van der Waals surface area contributed by atoms with Gasteiger partial charge in [0.05, 0.1) is 6.61 Å². The molecule has 112 valence electrons. The number of ether oxygens (including phenoxy) is 1. The standard InChI is InChI=1S/C13H21N3O3S/c1-3-18-11(17)13(14)7-4-5-10(13)6-8-20-12-16-15-9(2)19-12/h10H,3-8,14H2,1-2H3. The first-order valence-corrected chi connectivity index (χ1v) is 7.94. The van der Waals surface area contributed by atoms with Crippen LogP contribution in [-0.4, -0.2) is 34.1 Å². The van der Waals surface area contributed by atoms with E-state index in [1.54, 1.807) is 13.8 Å². The molecule has 2 unspecified atom stereocenters. The molecule has 0 aliphatic heterocycles. The van der Waals surface area contributed by atoms with Gasteiger partial charge in [0.2, 0.25) is 5.89 Å². The predicted octanol–water partition coefficient (Wildman–Crippen LogP) is 1.92. The molecule has 1 saturated carbocycles. The summed E-state index contributed by atoms with van der Waals surface area (Å²) in [5.41, 5.74) is 5.46. The topological polar surface area (TPSA) is 91.2 Å². The largest absolute Gasteiger partial charge is 0.465 e. The Labute approximate surface area is 122 Å². The molecule has 0 spiro atoms. The molecule has 6 nitrogen and oxygen atoms in total. The van der Waals surface area contributed by atoms with Gasteiger partial charge in [-0.05, 0) is 32.1 Å². The molecule has 2 rings (SSSR count). The van der Waals surface area contributed by atoms with Gasteiger partial charge in [-0.2, -0.15) is 0 Å². The third-order valence-corrected chi connectivity index (χ3v) is 4.58. The first-order valence-electron chi connectivity index (χ1n) is 6.95. The summed E-state index contributed by atoms with van der Waals surface area (Å²) in [7, 11) is 0. The van der Waals surface area contributed by atoms with Gasteiger partial charge in [0.15, 0.2) is 0 Å². The van der Waals surface area contributed by atoms with E-state index < -0.39 is 5.54 Å². The Morgan fingerprint density at radius 3 is 3.05 bits per heavy atom. The van der Waals surface area contributed by atoms with E-state index in [9.17, 15) is 4.79 Å². The van der Waals surface area contributed by atoms with Gasteiger partial charge in [0, 0.05) is 12.7 Å². The molecule has 7 heteroatoms. The fraction of sp³-hybridized carbons (Fsp3) is 0.769. The van der Waals surface area contributed by atoms with E-state index in [1.165, 1.54) is 11.8 Å².